The Bertz CT molecular complexity index is 744. The SMILES string of the molecule is CCCc1cc(C(=O)NCc2c(C)cc(C)[nH]c2=O)sc1C. The molecule has 2 N–H and O–H groups in total. The van der Waals surface area contributed by atoms with Crippen LogP contribution < -0.4 is 10.9 Å². The summed E-state index contributed by atoms with van der Waals surface area (Å²) in [5.41, 5.74) is 3.45. The number of pyridine rings is 1. The van der Waals surface area contributed by atoms with Crippen molar-refractivity contribution in [3.8, 4) is 0 Å². The van der Waals surface area contributed by atoms with Crippen LogP contribution in [0.3, 0.4) is 0 Å². The van der Waals surface area contributed by atoms with Crippen LogP contribution in [-0.2, 0) is 13.0 Å². The molecule has 0 saturated carbocycles. The van der Waals surface area contributed by atoms with Crippen LogP contribution in [0.4, 0.5) is 0 Å². The van der Waals surface area contributed by atoms with Gasteiger partial charge in [0.25, 0.3) is 11.5 Å². The Labute approximate surface area is 134 Å². The summed E-state index contributed by atoms with van der Waals surface area (Å²) in [7, 11) is 0. The summed E-state index contributed by atoms with van der Waals surface area (Å²) in [5, 5.41) is 2.85. The van der Waals surface area contributed by atoms with E-state index in [0.29, 0.717) is 10.4 Å². The van der Waals surface area contributed by atoms with Crippen LogP contribution in [0.2, 0.25) is 0 Å². The number of amides is 1. The maximum atomic E-state index is 12.3. The fraction of sp³-hybridized carbons (Fsp3) is 0.412. The summed E-state index contributed by atoms with van der Waals surface area (Å²) in [6.45, 7) is 8.16. The average molecular weight is 318 g/mol. The Kier molecular flexibility index (Phi) is 5.19. The number of aromatic nitrogens is 1. The van der Waals surface area contributed by atoms with E-state index >= 15 is 0 Å². The molecule has 4 nitrogen and oxygen atoms in total. The number of aryl methyl sites for hydroxylation is 4. The van der Waals surface area contributed by atoms with E-state index in [2.05, 4.69) is 17.2 Å². The number of hydrogen-bond acceptors (Lipinski definition) is 3. The molecule has 2 aromatic heterocycles. The van der Waals surface area contributed by atoms with Gasteiger partial charge >= 0.3 is 0 Å². The highest BCUT2D eigenvalue weighted by Crippen LogP contribution is 2.22. The summed E-state index contributed by atoms with van der Waals surface area (Å²) in [6, 6.07) is 3.88. The van der Waals surface area contributed by atoms with Gasteiger partial charge in [-0.05, 0) is 50.5 Å². The molecule has 0 radical (unpaired) electrons. The molecule has 22 heavy (non-hydrogen) atoms. The molecule has 0 fully saturated rings. The molecule has 2 aromatic rings. The van der Waals surface area contributed by atoms with Crippen molar-refractivity contribution in [2.75, 3.05) is 0 Å². The highest BCUT2D eigenvalue weighted by Gasteiger charge is 2.13. The van der Waals surface area contributed by atoms with Crippen molar-refractivity contribution >= 4 is 17.2 Å². The zero-order chi connectivity index (χ0) is 16.3. The molecular weight excluding hydrogens is 296 g/mol. The average Bonchev–Trinajstić information content (AvgIpc) is 2.79. The maximum Gasteiger partial charge on any atom is 0.261 e. The Morgan fingerprint density at radius 3 is 2.64 bits per heavy atom. The van der Waals surface area contributed by atoms with Crippen LogP contribution in [-0.4, -0.2) is 10.9 Å². The van der Waals surface area contributed by atoms with Gasteiger partial charge in [0.1, 0.15) is 0 Å². The lowest BCUT2D eigenvalue weighted by molar-refractivity contribution is 0.0954. The third kappa shape index (κ3) is 3.65. The lowest BCUT2D eigenvalue weighted by Crippen LogP contribution is -2.27. The first-order valence-corrected chi connectivity index (χ1v) is 8.31. The van der Waals surface area contributed by atoms with Crippen LogP contribution in [0.5, 0.6) is 0 Å². The van der Waals surface area contributed by atoms with Gasteiger partial charge in [0.05, 0.1) is 4.88 Å². The molecule has 2 rings (SSSR count). The van der Waals surface area contributed by atoms with Crippen LogP contribution in [0.1, 0.15) is 50.3 Å². The molecule has 0 saturated heterocycles. The summed E-state index contributed by atoms with van der Waals surface area (Å²) in [5.74, 6) is -0.116. The van der Waals surface area contributed by atoms with Crippen molar-refractivity contribution in [1.29, 1.82) is 0 Å². The number of thiophene rings is 1. The number of rotatable bonds is 5. The second-order valence-electron chi connectivity index (χ2n) is 5.57. The van der Waals surface area contributed by atoms with E-state index in [9.17, 15) is 9.59 Å². The van der Waals surface area contributed by atoms with Gasteiger partial charge in [-0.25, -0.2) is 0 Å². The first kappa shape index (κ1) is 16.5. The van der Waals surface area contributed by atoms with Crippen molar-refractivity contribution in [1.82, 2.24) is 10.3 Å². The molecule has 0 aliphatic heterocycles. The number of carbonyl (C=O) groups excluding carboxylic acids is 1. The smallest absolute Gasteiger partial charge is 0.261 e. The van der Waals surface area contributed by atoms with Gasteiger partial charge < -0.3 is 10.3 Å². The first-order chi connectivity index (χ1) is 10.4. The van der Waals surface area contributed by atoms with Crippen molar-refractivity contribution in [3.63, 3.8) is 0 Å². The normalized spacial score (nSPS) is 10.7. The number of aromatic amines is 1. The van der Waals surface area contributed by atoms with E-state index in [0.717, 1.165) is 24.1 Å². The quantitative estimate of drug-likeness (QED) is 0.889. The maximum absolute atomic E-state index is 12.3. The van der Waals surface area contributed by atoms with Gasteiger partial charge in [-0.3, -0.25) is 9.59 Å². The minimum Gasteiger partial charge on any atom is -0.347 e. The van der Waals surface area contributed by atoms with E-state index in [1.807, 2.05) is 32.9 Å². The summed E-state index contributed by atoms with van der Waals surface area (Å²) >= 11 is 1.51. The molecule has 5 heteroatoms. The highest BCUT2D eigenvalue weighted by molar-refractivity contribution is 7.14. The molecule has 0 atom stereocenters. The standard InChI is InChI=1S/C17H22N2O2S/c1-5-6-13-8-15(22-12(13)4)17(21)18-9-14-10(2)7-11(3)19-16(14)20/h7-8H,5-6,9H2,1-4H3,(H,18,21)(H,19,20). The number of nitrogens with one attached hydrogen (secondary N) is 2. The van der Waals surface area contributed by atoms with Crippen molar-refractivity contribution in [2.45, 2.75) is 47.1 Å². The van der Waals surface area contributed by atoms with E-state index in [4.69, 9.17) is 0 Å². The molecule has 0 spiro atoms. The summed E-state index contributed by atoms with van der Waals surface area (Å²) in [4.78, 5) is 28.9. The van der Waals surface area contributed by atoms with E-state index < -0.39 is 0 Å². The Morgan fingerprint density at radius 1 is 1.27 bits per heavy atom. The molecule has 0 aliphatic carbocycles. The Hall–Kier alpha value is -1.88. The van der Waals surface area contributed by atoms with E-state index in [1.54, 1.807) is 0 Å². The first-order valence-electron chi connectivity index (χ1n) is 7.49. The van der Waals surface area contributed by atoms with Crippen LogP contribution >= 0.6 is 11.3 Å². The zero-order valence-electron chi connectivity index (χ0n) is 13.5. The molecule has 0 bridgehead atoms. The monoisotopic (exact) mass is 318 g/mol. The predicted molar refractivity (Wildman–Crippen MR) is 90.8 cm³/mol. The van der Waals surface area contributed by atoms with E-state index in [1.165, 1.54) is 21.8 Å². The van der Waals surface area contributed by atoms with Gasteiger partial charge in [0.15, 0.2) is 0 Å². The van der Waals surface area contributed by atoms with Gasteiger partial charge in [0, 0.05) is 22.7 Å². The van der Waals surface area contributed by atoms with Crippen molar-refractivity contribution in [3.05, 3.63) is 54.6 Å². The van der Waals surface area contributed by atoms with Crippen LogP contribution in [0.25, 0.3) is 0 Å². The Balaban J connectivity index is 2.10. The minimum atomic E-state index is -0.133. The third-order valence-electron chi connectivity index (χ3n) is 3.68. The number of hydrogen-bond donors (Lipinski definition) is 2. The predicted octanol–water partition coefficient (Wildman–Crippen LogP) is 3.24. The lowest BCUT2D eigenvalue weighted by atomic mass is 10.1. The van der Waals surface area contributed by atoms with Gasteiger partial charge in [-0.1, -0.05) is 13.3 Å². The second kappa shape index (κ2) is 6.92. The molecule has 1 amide bonds. The topological polar surface area (TPSA) is 62.0 Å². The molecular formula is C17H22N2O2S. The fourth-order valence-corrected chi connectivity index (χ4v) is 3.49. The van der Waals surface area contributed by atoms with Crippen molar-refractivity contribution in [2.24, 2.45) is 0 Å². The van der Waals surface area contributed by atoms with Gasteiger partial charge in [0.2, 0.25) is 0 Å². The van der Waals surface area contributed by atoms with Crippen LogP contribution in [0, 0.1) is 20.8 Å². The third-order valence-corrected chi connectivity index (χ3v) is 4.77. The highest BCUT2D eigenvalue weighted by atomic mass is 32.1. The molecule has 2 heterocycles. The van der Waals surface area contributed by atoms with Gasteiger partial charge in [-0.15, -0.1) is 11.3 Å². The molecule has 0 aliphatic rings. The van der Waals surface area contributed by atoms with E-state index in [-0.39, 0.29) is 18.0 Å². The lowest BCUT2D eigenvalue weighted by Gasteiger charge is -2.07. The number of carbonyl (C=O) groups is 1. The molecule has 0 aromatic carbocycles. The summed E-state index contributed by atoms with van der Waals surface area (Å²) in [6.07, 6.45) is 2.06. The minimum absolute atomic E-state index is 0.116. The van der Waals surface area contributed by atoms with Gasteiger partial charge in [-0.2, -0.15) is 0 Å². The number of H-pyrrole nitrogens is 1. The molecule has 118 valence electrons. The Morgan fingerprint density at radius 2 is 2.00 bits per heavy atom. The second-order valence-corrected chi connectivity index (χ2v) is 6.82. The largest absolute Gasteiger partial charge is 0.347 e. The van der Waals surface area contributed by atoms with Crippen LogP contribution in [0.15, 0.2) is 16.9 Å². The fourth-order valence-electron chi connectivity index (χ4n) is 2.51. The zero-order valence-corrected chi connectivity index (χ0v) is 14.3. The van der Waals surface area contributed by atoms with Crippen molar-refractivity contribution < 1.29 is 4.79 Å². The summed E-state index contributed by atoms with van der Waals surface area (Å²) < 4.78 is 0. The molecule has 0 unspecified atom stereocenters.